The Labute approximate surface area is 195 Å². The fourth-order valence-corrected chi connectivity index (χ4v) is 4.01. The predicted molar refractivity (Wildman–Crippen MR) is 125 cm³/mol. The number of amides is 1. The van der Waals surface area contributed by atoms with E-state index in [0.29, 0.717) is 6.54 Å². The van der Waals surface area contributed by atoms with Gasteiger partial charge in [-0.1, -0.05) is 30.3 Å². The van der Waals surface area contributed by atoms with Gasteiger partial charge in [0, 0.05) is 25.7 Å². The van der Waals surface area contributed by atoms with E-state index in [1.54, 1.807) is 4.90 Å². The molecular weight excluding hydrogens is 435 g/mol. The van der Waals surface area contributed by atoms with Crippen LogP contribution in [-0.4, -0.2) is 42.0 Å². The fraction of sp³-hybridized carbons (Fsp3) is 0.391. The second-order valence-electron chi connectivity index (χ2n) is 7.65. The highest BCUT2D eigenvalue weighted by atomic mass is 35.5. The molecule has 2 saturated heterocycles. The smallest absolute Gasteiger partial charge is 0.240 e. The molecule has 2 aromatic carbocycles. The van der Waals surface area contributed by atoms with Crippen molar-refractivity contribution in [2.45, 2.75) is 43.9 Å². The molecule has 0 saturated carbocycles. The molecule has 2 aliphatic heterocycles. The Morgan fingerprint density at radius 1 is 1.13 bits per heavy atom. The molecule has 31 heavy (non-hydrogen) atoms. The van der Waals surface area contributed by atoms with Gasteiger partial charge in [0.15, 0.2) is 0 Å². The average molecular weight is 463 g/mol. The summed E-state index contributed by atoms with van der Waals surface area (Å²) in [6.45, 7) is 2.20. The first-order chi connectivity index (χ1) is 14.2. The zero-order chi connectivity index (χ0) is 20.1. The topological polar surface area (TPSA) is 77.4 Å². The summed E-state index contributed by atoms with van der Waals surface area (Å²) in [5, 5.41) is 16.1. The lowest BCUT2D eigenvalue weighted by Gasteiger charge is -2.23. The molecule has 0 spiro atoms. The van der Waals surface area contributed by atoms with Crippen LogP contribution < -0.4 is 15.4 Å². The average Bonchev–Trinajstić information content (AvgIpc) is 3.43. The van der Waals surface area contributed by atoms with E-state index in [1.807, 2.05) is 42.5 Å². The van der Waals surface area contributed by atoms with Crippen LogP contribution in [-0.2, 0) is 11.3 Å². The number of hydrogen-bond donors (Lipinski definition) is 2. The molecule has 2 aliphatic rings. The molecule has 0 radical (unpaired) electrons. The van der Waals surface area contributed by atoms with Gasteiger partial charge in [0.25, 0.3) is 0 Å². The van der Waals surface area contributed by atoms with Gasteiger partial charge in [-0.05, 0) is 49.1 Å². The maximum atomic E-state index is 12.7. The summed E-state index contributed by atoms with van der Waals surface area (Å²) in [4.78, 5) is 14.4. The lowest BCUT2D eigenvalue weighted by Crippen LogP contribution is -2.45. The number of nitriles is 1. The summed E-state index contributed by atoms with van der Waals surface area (Å²) in [5.41, 5.74) is 1.17. The van der Waals surface area contributed by atoms with Crippen molar-refractivity contribution in [1.29, 1.82) is 5.26 Å². The molecule has 2 fully saturated rings. The Kier molecular flexibility index (Phi) is 9.60. The summed E-state index contributed by atoms with van der Waals surface area (Å²) in [6, 6.07) is 19.8. The second-order valence-corrected chi connectivity index (χ2v) is 7.65. The van der Waals surface area contributed by atoms with Gasteiger partial charge in [-0.25, -0.2) is 0 Å². The maximum absolute atomic E-state index is 12.7. The van der Waals surface area contributed by atoms with E-state index in [-0.39, 0.29) is 48.8 Å². The highest BCUT2D eigenvalue weighted by molar-refractivity contribution is 5.85. The summed E-state index contributed by atoms with van der Waals surface area (Å²) in [5.74, 6) is 1.70. The number of nitrogens with one attached hydrogen (secondary N) is 2. The van der Waals surface area contributed by atoms with E-state index >= 15 is 0 Å². The quantitative estimate of drug-likeness (QED) is 0.684. The van der Waals surface area contributed by atoms with Crippen LogP contribution >= 0.6 is 24.8 Å². The monoisotopic (exact) mass is 462 g/mol. The third-order valence-electron chi connectivity index (χ3n) is 5.61. The highest BCUT2D eigenvalue weighted by Gasteiger charge is 2.36. The van der Waals surface area contributed by atoms with Gasteiger partial charge in [-0.2, -0.15) is 5.26 Å². The molecule has 1 amide bonds. The fourth-order valence-electron chi connectivity index (χ4n) is 4.01. The number of hydrogen-bond acceptors (Lipinski definition) is 5. The standard InChI is InChI=1S/C23H26N4O2.2ClH/c24-14-19-5-4-12-27(19)23(28)22-13-18(16-26-22)25-15-17-8-10-21(11-9-17)29-20-6-2-1-3-7-20;;/h1-3,6-11,18-19,22,25-26H,4-5,12-13,15-16H2;2*1H/t18-,19-,22-;;/m0../s1. The number of rotatable bonds is 6. The molecule has 2 heterocycles. The molecule has 8 heteroatoms. The minimum absolute atomic E-state index is 0. The van der Waals surface area contributed by atoms with E-state index in [2.05, 4.69) is 28.8 Å². The van der Waals surface area contributed by atoms with Gasteiger partial charge < -0.3 is 20.3 Å². The van der Waals surface area contributed by atoms with Crippen molar-refractivity contribution in [2.75, 3.05) is 13.1 Å². The van der Waals surface area contributed by atoms with Crippen LogP contribution in [0.25, 0.3) is 0 Å². The molecule has 4 rings (SSSR count). The minimum atomic E-state index is -0.257. The first-order valence-electron chi connectivity index (χ1n) is 10.2. The molecule has 6 nitrogen and oxygen atoms in total. The first kappa shape index (κ1) is 25.0. The van der Waals surface area contributed by atoms with Crippen LogP contribution in [0.4, 0.5) is 0 Å². The largest absolute Gasteiger partial charge is 0.457 e. The van der Waals surface area contributed by atoms with Crippen molar-refractivity contribution in [3.8, 4) is 17.6 Å². The summed E-state index contributed by atoms with van der Waals surface area (Å²) < 4.78 is 5.82. The Morgan fingerprint density at radius 3 is 2.55 bits per heavy atom. The molecule has 2 aromatic rings. The zero-order valence-corrected chi connectivity index (χ0v) is 18.8. The van der Waals surface area contributed by atoms with Crippen molar-refractivity contribution in [3.05, 3.63) is 60.2 Å². The van der Waals surface area contributed by atoms with Gasteiger partial charge >= 0.3 is 0 Å². The molecule has 0 unspecified atom stereocenters. The molecule has 3 atom stereocenters. The SMILES string of the molecule is Cl.Cl.N#C[C@@H]1CCCN1C(=O)[C@@H]1C[C@H](NCc2ccc(Oc3ccccc3)cc2)CN1. The maximum Gasteiger partial charge on any atom is 0.240 e. The Bertz CT molecular complexity index is 873. The lowest BCUT2D eigenvalue weighted by atomic mass is 10.1. The number of ether oxygens (including phenoxy) is 1. The predicted octanol–water partition coefficient (Wildman–Crippen LogP) is 3.66. The zero-order valence-electron chi connectivity index (χ0n) is 17.2. The molecular formula is C23H28Cl2N4O2. The van der Waals surface area contributed by atoms with Crippen LogP contribution in [0.3, 0.4) is 0 Å². The van der Waals surface area contributed by atoms with Crippen molar-refractivity contribution in [2.24, 2.45) is 0 Å². The van der Waals surface area contributed by atoms with Gasteiger partial charge in [0.1, 0.15) is 17.5 Å². The van der Waals surface area contributed by atoms with Crippen LogP contribution in [0.5, 0.6) is 11.5 Å². The number of para-hydroxylation sites is 1. The highest BCUT2D eigenvalue weighted by Crippen LogP contribution is 2.22. The molecule has 2 N–H and O–H groups in total. The molecule has 0 aliphatic carbocycles. The van der Waals surface area contributed by atoms with Gasteiger partial charge in [-0.3, -0.25) is 4.79 Å². The van der Waals surface area contributed by atoms with Gasteiger partial charge in [-0.15, -0.1) is 24.8 Å². The van der Waals surface area contributed by atoms with Crippen molar-refractivity contribution in [3.63, 3.8) is 0 Å². The van der Waals surface area contributed by atoms with Gasteiger partial charge in [0.2, 0.25) is 5.91 Å². The summed E-state index contributed by atoms with van der Waals surface area (Å²) in [7, 11) is 0. The van der Waals surface area contributed by atoms with E-state index in [1.165, 1.54) is 5.56 Å². The van der Waals surface area contributed by atoms with Crippen molar-refractivity contribution in [1.82, 2.24) is 15.5 Å². The van der Waals surface area contributed by atoms with Gasteiger partial charge in [0.05, 0.1) is 12.1 Å². The number of likely N-dealkylation sites (tertiary alicyclic amines) is 1. The van der Waals surface area contributed by atoms with E-state index in [9.17, 15) is 10.1 Å². The van der Waals surface area contributed by atoms with Crippen molar-refractivity contribution < 1.29 is 9.53 Å². The third-order valence-corrected chi connectivity index (χ3v) is 5.61. The lowest BCUT2D eigenvalue weighted by molar-refractivity contribution is -0.133. The number of halogens is 2. The summed E-state index contributed by atoms with van der Waals surface area (Å²) in [6.07, 6.45) is 2.46. The van der Waals surface area contributed by atoms with Crippen LogP contribution in [0.1, 0.15) is 24.8 Å². The number of nitrogens with zero attached hydrogens (tertiary/aromatic N) is 2. The second kappa shape index (κ2) is 11.9. The van der Waals surface area contributed by atoms with E-state index in [4.69, 9.17) is 4.74 Å². The normalized spacial score (nSPS) is 22.2. The Balaban J connectivity index is 0.00000171. The Hall–Kier alpha value is -2.30. The van der Waals surface area contributed by atoms with Crippen molar-refractivity contribution >= 4 is 30.7 Å². The number of carbonyl (C=O) groups is 1. The number of carbonyl (C=O) groups excluding carboxylic acids is 1. The summed E-state index contributed by atoms with van der Waals surface area (Å²) >= 11 is 0. The molecule has 0 bridgehead atoms. The molecule has 0 aromatic heterocycles. The van der Waals surface area contributed by atoms with E-state index < -0.39 is 0 Å². The van der Waals surface area contributed by atoms with E-state index in [0.717, 1.165) is 43.9 Å². The Morgan fingerprint density at radius 2 is 1.84 bits per heavy atom. The molecule has 166 valence electrons. The van der Waals surface area contributed by atoms with Crippen LogP contribution in [0, 0.1) is 11.3 Å². The minimum Gasteiger partial charge on any atom is -0.457 e. The number of benzene rings is 2. The third kappa shape index (κ3) is 6.34. The first-order valence-corrected chi connectivity index (χ1v) is 10.2. The van der Waals surface area contributed by atoms with Crippen LogP contribution in [0.2, 0.25) is 0 Å². The van der Waals surface area contributed by atoms with Crippen LogP contribution in [0.15, 0.2) is 54.6 Å².